The molecule has 2 aliphatic carbocycles. The number of hydrogen-bond donors (Lipinski definition) is 1. The summed E-state index contributed by atoms with van der Waals surface area (Å²) < 4.78 is 38.3. The zero-order valence-electron chi connectivity index (χ0n) is 8.28. The summed E-state index contributed by atoms with van der Waals surface area (Å²) >= 11 is 6.20. The molecule has 1 nitrogen and oxygen atoms in total. The Balaban J connectivity index is 2.31. The molecule has 88 valence electrons. The second kappa shape index (κ2) is 3.27. The molecule has 1 N–H and O–H groups in total. The highest BCUT2D eigenvalue weighted by Gasteiger charge is 2.67. The van der Waals surface area contributed by atoms with Crippen molar-refractivity contribution in [3.63, 3.8) is 0 Å². The first kappa shape index (κ1) is 11.5. The number of halogens is 4. The Morgan fingerprint density at radius 2 is 1.80 bits per heavy atom. The van der Waals surface area contributed by atoms with E-state index in [9.17, 15) is 18.3 Å². The minimum absolute atomic E-state index is 0.245. The molecule has 0 unspecified atom stereocenters. The fraction of sp³-hybridized carbons (Fsp3) is 1.00. The summed E-state index contributed by atoms with van der Waals surface area (Å²) in [5, 5.41) is 9.78. The number of fused-ring (bicyclic) bond motifs is 1. The lowest BCUT2D eigenvalue weighted by molar-refractivity contribution is -0.275. The van der Waals surface area contributed by atoms with E-state index in [-0.39, 0.29) is 12.8 Å². The molecule has 0 spiro atoms. The summed E-state index contributed by atoms with van der Waals surface area (Å²) in [5.41, 5.74) is -2.55. The van der Waals surface area contributed by atoms with Crippen LogP contribution in [0.1, 0.15) is 38.5 Å². The number of aliphatic hydroxyl groups is 1. The zero-order valence-corrected chi connectivity index (χ0v) is 9.03. The summed E-state index contributed by atoms with van der Waals surface area (Å²) in [6, 6.07) is 0. The molecule has 0 aromatic rings. The van der Waals surface area contributed by atoms with Crippen molar-refractivity contribution < 1.29 is 18.3 Å². The molecule has 2 saturated carbocycles. The largest absolute Gasteiger partial charge is 0.417 e. The highest BCUT2D eigenvalue weighted by atomic mass is 35.5. The molecule has 0 aromatic carbocycles. The topological polar surface area (TPSA) is 20.2 Å². The summed E-state index contributed by atoms with van der Waals surface area (Å²) in [4.78, 5) is -0.817. The molecule has 2 rings (SSSR count). The van der Waals surface area contributed by atoms with Crippen LogP contribution in [0.15, 0.2) is 0 Å². The average Bonchev–Trinajstić information content (AvgIpc) is 2.40. The quantitative estimate of drug-likeness (QED) is 0.647. The van der Waals surface area contributed by atoms with E-state index < -0.39 is 22.6 Å². The molecule has 0 aliphatic heterocycles. The fourth-order valence-corrected chi connectivity index (χ4v) is 3.60. The summed E-state index contributed by atoms with van der Waals surface area (Å²) in [6.07, 6.45) is -1.94. The third-order valence-electron chi connectivity index (χ3n) is 3.95. The van der Waals surface area contributed by atoms with E-state index >= 15 is 0 Å². The second-order valence-corrected chi connectivity index (χ2v) is 5.51. The Morgan fingerprint density at radius 3 is 2.40 bits per heavy atom. The van der Waals surface area contributed by atoms with Gasteiger partial charge in [-0.25, -0.2) is 0 Å². The van der Waals surface area contributed by atoms with E-state index in [0.717, 1.165) is 12.8 Å². The lowest BCUT2D eigenvalue weighted by Gasteiger charge is -2.40. The highest BCUT2D eigenvalue weighted by Crippen LogP contribution is 2.59. The van der Waals surface area contributed by atoms with Crippen LogP contribution in [0.3, 0.4) is 0 Å². The minimum Gasteiger partial charge on any atom is -0.380 e. The first-order chi connectivity index (χ1) is 6.80. The van der Waals surface area contributed by atoms with Gasteiger partial charge in [0.25, 0.3) is 0 Å². The molecule has 0 radical (unpaired) electrons. The lowest BCUT2D eigenvalue weighted by Crippen LogP contribution is -2.52. The fourth-order valence-electron chi connectivity index (χ4n) is 3.08. The minimum atomic E-state index is -4.55. The normalized spacial score (nSPS) is 46.6. The van der Waals surface area contributed by atoms with Crippen molar-refractivity contribution in [3.8, 4) is 0 Å². The van der Waals surface area contributed by atoms with Crippen LogP contribution in [0.25, 0.3) is 0 Å². The van der Waals surface area contributed by atoms with E-state index in [0.29, 0.717) is 12.8 Å². The average molecular weight is 243 g/mol. The van der Waals surface area contributed by atoms with Gasteiger partial charge in [-0.15, -0.1) is 11.6 Å². The van der Waals surface area contributed by atoms with Crippen molar-refractivity contribution >= 4 is 11.6 Å². The van der Waals surface area contributed by atoms with Crippen molar-refractivity contribution in [1.29, 1.82) is 0 Å². The maximum atomic E-state index is 12.8. The van der Waals surface area contributed by atoms with Gasteiger partial charge in [0, 0.05) is 5.92 Å². The van der Waals surface area contributed by atoms with Gasteiger partial charge >= 0.3 is 6.18 Å². The van der Waals surface area contributed by atoms with Gasteiger partial charge in [-0.2, -0.15) is 13.2 Å². The summed E-state index contributed by atoms with van der Waals surface area (Å²) in [6.45, 7) is 0. The van der Waals surface area contributed by atoms with E-state index in [2.05, 4.69) is 0 Å². The van der Waals surface area contributed by atoms with Crippen LogP contribution in [0.5, 0.6) is 0 Å². The first-order valence-corrected chi connectivity index (χ1v) is 5.65. The first-order valence-electron chi connectivity index (χ1n) is 5.28. The van der Waals surface area contributed by atoms with Crippen molar-refractivity contribution in [3.05, 3.63) is 0 Å². The van der Waals surface area contributed by atoms with Gasteiger partial charge in [-0.05, 0) is 25.7 Å². The molecule has 0 amide bonds. The van der Waals surface area contributed by atoms with E-state index in [1.807, 2.05) is 0 Å². The van der Waals surface area contributed by atoms with Crippen LogP contribution in [0, 0.1) is 5.92 Å². The van der Waals surface area contributed by atoms with E-state index in [4.69, 9.17) is 11.6 Å². The van der Waals surface area contributed by atoms with Gasteiger partial charge < -0.3 is 5.11 Å². The van der Waals surface area contributed by atoms with Crippen LogP contribution >= 0.6 is 11.6 Å². The Hall–Kier alpha value is 0.0400. The van der Waals surface area contributed by atoms with Gasteiger partial charge in [0.15, 0.2) is 5.60 Å². The Bertz CT molecular complexity index is 268. The molecule has 0 aromatic heterocycles. The number of alkyl halides is 4. The van der Waals surface area contributed by atoms with Crippen molar-refractivity contribution in [1.82, 2.24) is 0 Å². The molecular weight excluding hydrogens is 229 g/mol. The Labute approximate surface area is 91.6 Å². The van der Waals surface area contributed by atoms with E-state index in [1.165, 1.54) is 0 Å². The standard InChI is InChI=1S/C10H14ClF3O/c11-8-4-2-1-3-7(8)9(15,6-5-8)10(12,13)14/h7,15H,1-6H2/t7-,8-,9-/m0/s1. The van der Waals surface area contributed by atoms with Crippen LogP contribution in [-0.4, -0.2) is 21.8 Å². The molecular formula is C10H14ClF3O. The summed E-state index contributed by atoms with van der Waals surface area (Å²) in [7, 11) is 0. The SMILES string of the molecule is O[C@@]1(C(F)(F)F)CC[C@@]2(Cl)CCCC[C@@H]21. The second-order valence-electron chi connectivity index (χ2n) is 4.76. The Kier molecular flexibility index (Phi) is 2.51. The third kappa shape index (κ3) is 1.57. The highest BCUT2D eigenvalue weighted by molar-refractivity contribution is 6.24. The molecule has 2 aliphatic rings. The zero-order chi connectivity index (χ0) is 11.3. The van der Waals surface area contributed by atoms with Gasteiger partial charge in [-0.3, -0.25) is 0 Å². The van der Waals surface area contributed by atoms with Crippen LogP contribution in [0.2, 0.25) is 0 Å². The van der Waals surface area contributed by atoms with Gasteiger partial charge in [0.1, 0.15) is 0 Å². The molecule has 0 saturated heterocycles. The van der Waals surface area contributed by atoms with Crippen molar-refractivity contribution in [2.24, 2.45) is 5.92 Å². The van der Waals surface area contributed by atoms with Crippen LogP contribution in [0.4, 0.5) is 13.2 Å². The molecule has 15 heavy (non-hydrogen) atoms. The van der Waals surface area contributed by atoms with Crippen molar-refractivity contribution in [2.45, 2.75) is 55.2 Å². The maximum absolute atomic E-state index is 12.8. The van der Waals surface area contributed by atoms with Gasteiger partial charge in [0.2, 0.25) is 0 Å². The molecule has 0 bridgehead atoms. The van der Waals surface area contributed by atoms with Gasteiger partial charge in [-0.1, -0.05) is 12.8 Å². The van der Waals surface area contributed by atoms with Crippen LogP contribution in [-0.2, 0) is 0 Å². The maximum Gasteiger partial charge on any atom is 0.417 e. The molecule has 3 atom stereocenters. The number of hydrogen-bond acceptors (Lipinski definition) is 1. The molecule has 5 heteroatoms. The van der Waals surface area contributed by atoms with Gasteiger partial charge in [0.05, 0.1) is 4.87 Å². The Morgan fingerprint density at radius 1 is 1.13 bits per heavy atom. The molecule has 0 heterocycles. The van der Waals surface area contributed by atoms with Crippen LogP contribution < -0.4 is 0 Å². The van der Waals surface area contributed by atoms with E-state index in [1.54, 1.807) is 0 Å². The van der Waals surface area contributed by atoms with Crippen molar-refractivity contribution in [2.75, 3.05) is 0 Å². The predicted molar refractivity (Wildman–Crippen MR) is 50.8 cm³/mol. The number of rotatable bonds is 0. The monoisotopic (exact) mass is 242 g/mol. The lowest BCUT2D eigenvalue weighted by atomic mass is 9.75. The third-order valence-corrected chi connectivity index (χ3v) is 4.59. The smallest absolute Gasteiger partial charge is 0.380 e. The molecule has 2 fully saturated rings. The predicted octanol–water partition coefficient (Wildman–Crippen LogP) is 3.24. The summed E-state index contributed by atoms with van der Waals surface area (Å²) in [5.74, 6) is -0.819.